The van der Waals surface area contributed by atoms with E-state index in [2.05, 4.69) is 19.1 Å². The molecule has 1 saturated heterocycles. The lowest BCUT2D eigenvalue weighted by Crippen LogP contribution is -2.41. The smallest absolute Gasteiger partial charge is 0.494 e. The van der Waals surface area contributed by atoms with Gasteiger partial charge in [0.2, 0.25) is 0 Å². The maximum absolute atomic E-state index is 14.0. The highest BCUT2D eigenvalue weighted by molar-refractivity contribution is 6.62. The quantitative estimate of drug-likeness (QED) is 0.327. The van der Waals surface area contributed by atoms with Gasteiger partial charge in [-0.25, -0.2) is 0 Å². The van der Waals surface area contributed by atoms with E-state index in [0.29, 0.717) is 23.4 Å². The summed E-state index contributed by atoms with van der Waals surface area (Å²) in [6, 6.07) is 19.8. The standard InChI is InChI=1S/C31H34BNO5/c1-20-10-8-9-11-24(20)27-19-33(18-21-12-14-23(35-6)17-28(21)36-7)29(34)26-16-22(13-15-25(26)27)32-37-30(2,3)31(4,5)38-32/h8-17,19H,18H2,1-7H3. The summed E-state index contributed by atoms with van der Waals surface area (Å²) < 4.78 is 25.3. The molecule has 0 unspecified atom stereocenters. The fourth-order valence-electron chi connectivity index (χ4n) is 4.91. The van der Waals surface area contributed by atoms with Gasteiger partial charge in [0.1, 0.15) is 11.5 Å². The number of ether oxygens (including phenoxy) is 2. The number of pyridine rings is 1. The Hall–Kier alpha value is -3.55. The second kappa shape index (κ2) is 9.64. The van der Waals surface area contributed by atoms with Crippen LogP contribution in [0.2, 0.25) is 0 Å². The van der Waals surface area contributed by atoms with Crippen molar-refractivity contribution >= 4 is 23.4 Å². The molecule has 0 amide bonds. The van der Waals surface area contributed by atoms with Gasteiger partial charge in [0.25, 0.3) is 5.56 Å². The SMILES string of the molecule is COc1ccc(Cn2cc(-c3ccccc3C)c3ccc(B4OC(C)(C)C(C)(C)O4)cc3c2=O)c(OC)c1. The van der Waals surface area contributed by atoms with E-state index in [-0.39, 0.29) is 5.56 Å². The van der Waals surface area contributed by atoms with Crippen LogP contribution >= 0.6 is 0 Å². The van der Waals surface area contributed by atoms with Gasteiger partial charge in [0.05, 0.1) is 32.0 Å². The number of nitrogens with zero attached hydrogens (tertiary/aromatic N) is 1. The number of aryl methyl sites for hydroxylation is 1. The second-order valence-corrected chi connectivity index (χ2v) is 10.9. The molecule has 0 atom stereocenters. The van der Waals surface area contributed by atoms with Crippen LogP contribution in [0.3, 0.4) is 0 Å². The van der Waals surface area contributed by atoms with Crippen LogP contribution in [0.5, 0.6) is 11.5 Å². The number of hydrogen-bond acceptors (Lipinski definition) is 5. The maximum atomic E-state index is 14.0. The summed E-state index contributed by atoms with van der Waals surface area (Å²) in [6.45, 7) is 10.5. The summed E-state index contributed by atoms with van der Waals surface area (Å²) in [5.41, 5.74) is 3.88. The van der Waals surface area contributed by atoms with E-state index < -0.39 is 18.3 Å². The molecule has 4 aromatic rings. The van der Waals surface area contributed by atoms with Gasteiger partial charge in [-0.1, -0.05) is 36.4 Å². The van der Waals surface area contributed by atoms with E-state index in [9.17, 15) is 4.79 Å². The van der Waals surface area contributed by atoms with Crippen molar-refractivity contribution in [3.05, 3.63) is 88.3 Å². The molecule has 2 heterocycles. The normalized spacial score (nSPS) is 16.1. The number of benzene rings is 3. The Balaban J connectivity index is 1.69. The van der Waals surface area contributed by atoms with Gasteiger partial charge >= 0.3 is 7.12 Å². The molecule has 38 heavy (non-hydrogen) atoms. The van der Waals surface area contributed by atoms with Crippen molar-refractivity contribution in [3.63, 3.8) is 0 Å². The Bertz CT molecular complexity index is 1560. The van der Waals surface area contributed by atoms with Crippen molar-refractivity contribution in [2.45, 2.75) is 52.4 Å². The molecule has 0 aliphatic carbocycles. The van der Waals surface area contributed by atoms with Gasteiger partial charge in [-0.15, -0.1) is 0 Å². The molecule has 0 bridgehead atoms. The van der Waals surface area contributed by atoms with Gasteiger partial charge < -0.3 is 23.3 Å². The minimum absolute atomic E-state index is 0.0893. The average Bonchev–Trinajstić information content (AvgIpc) is 3.12. The molecule has 1 aliphatic heterocycles. The number of fused-ring (bicyclic) bond motifs is 1. The van der Waals surface area contributed by atoms with E-state index >= 15 is 0 Å². The average molecular weight is 511 g/mol. The number of hydrogen-bond donors (Lipinski definition) is 0. The van der Waals surface area contributed by atoms with Crippen LogP contribution in [0.4, 0.5) is 0 Å². The van der Waals surface area contributed by atoms with Crippen LogP contribution in [0.25, 0.3) is 21.9 Å². The monoisotopic (exact) mass is 511 g/mol. The van der Waals surface area contributed by atoms with E-state index in [0.717, 1.165) is 33.1 Å². The van der Waals surface area contributed by atoms with Gasteiger partial charge in [-0.05, 0) is 74.8 Å². The molecule has 1 aliphatic rings. The number of aromatic nitrogens is 1. The Morgan fingerprint density at radius 2 is 1.55 bits per heavy atom. The highest BCUT2D eigenvalue weighted by atomic mass is 16.7. The highest BCUT2D eigenvalue weighted by Crippen LogP contribution is 2.37. The number of rotatable bonds is 6. The van der Waals surface area contributed by atoms with E-state index in [1.807, 2.05) is 82.4 Å². The third-order valence-corrected chi connectivity index (χ3v) is 7.91. The first kappa shape index (κ1) is 26.1. The lowest BCUT2D eigenvalue weighted by Gasteiger charge is -2.32. The van der Waals surface area contributed by atoms with Crippen molar-refractivity contribution in [2.75, 3.05) is 14.2 Å². The summed E-state index contributed by atoms with van der Waals surface area (Å²) in [5, 5.41) is 1.51. The Kier molecular flexibility index (Phi) is 6.62. The van der Waals surface area contributed by atoms with Crippen molar-refractivity contribution < 1.29 is 18.8 Å². The minimum atomic E-state index is -0.555. The first-order valence-electron chi connectivity index (χ1n) is 12.8. The fourth-order valence-corrected chi connectivity index (χ4v) is 4.91. The topological polar surface area (TPSA) is 58.9 Å². The highest BCUT2D eigenvalue weighted by Gasteiger charge is 2.51. The first-order chi connectivity index (χ1) is 18.0. The molecule has 0 spiro atoms. The molecule has 1 aromatic heterocycles. The third kappa shape index (κ3) is 4.50. The van der Waals surface area contributed by atoms with Crippen LogP contribution in [-0.2, 0) is 15.9 Å². The van der Waals surface area contributed by atoms with Crippen molar-refractivity contribution in [1.82, 2.24) is 4.57 Å². The Labute approximate surface area is 224 Å². The van der Waals surface area contributed by atoms with Crippen LogP contribution in [0.15, 0.2) is 71.7 Å². The molecule has 7 heteroatoms. The van der Waals surface area contributed by atoms with E-state index in [4.69, 9.17) is 18.8 Å². The molecule has 196 valence electrons. The van der Waals surface area contributed by atoms with Crippen LogP contribution in [-0.4, -0.2) is 37.1 Å². The summed E-state index contributed by atoms with van der Waals surface area (Å²) in [6.07, 6.45) is 1.95. The predicted octanol–water partition coefficient (Wildman–Crippen LogP) is 5.34. The zero-order valence-electron chi connectivity index (χ0n) is 23.1. The van der Waals surface area contributed by atoms with Gasteiger partial charge in [-0.3, -0.25) is 4.79 Å². The largest absolute Gasteiger partial charge is 0.497 e. The zero-order chi connectivity index (χ0) is 27.2. The lowest BCUT2D eigenvalue weighted by atomic mass is 9.78. The van der Waals surface area contributed by atoms with Crippen molar-refractivity contribution in [1.29, 1.82) is 0 Å². The van der Waals surface area contributed by atoms with Crippen LogP contribution in [0.1, 0.15) is 38.8 Å². The Morgan fingerprint density at radius 1 is 0.842 bits per heavy atom. The molecule has 0 radical (unpaired) electrons. The summed E-state index contributed by atoms with van der Waals surface area (Å²) >= 11 is 0. The minimum Gasteiger partial charge on any atom is -0.497 e. The molecule has 1 fully saturated rings. The molecule has 3 aromatic carbocycles. The molecule has 0 saturated carbocycles. The first-order valence-corrected chi connectivity index (χ1v) is 12.8. The van der Waals surface area contributed by atoms with Gasteiger partial charge in [0, 0.05) is 28.8 Å². The van der Waals surface area contributed by atoms with E-state index in [1.54, 1.807) is 18.8 Å². The Morgan fingerprint density at radius 3 is 2.21 bits per heavy atom. The van der Waals surface area contributed by atoms with Crippen LogP contribution in [0, 0.1) is 6.92 Å². The van der Waals surface area contributed by atoms with Crippen LogP contribution < -0.4 is 20.5 Å². The molecule has 6 nitrogen and oxygen atoms in total. The van der Waals surface area contributed by atoms with Gasteiger partial charge in [-0.2, -0.15) is 0 Å². The molecular weight excluding hydrogens is 477 g/mol. The predicted molar refractivity (Wildman–Crippen MR) is 153 cm³/mol. The molecule has 5 rings (SSSR count). The number of methoxy groups -OCH3 is 2. The van der Waals surface area contributed by atoms with E-state index in [1.165, 1.54) is 0 Å². The fraction of sp³-hybridized carbons (Fsp3) is 0.323. The van der Waals surface area contributed by atoms with Crippen molar-refractivity contribution in [2.24, 2.45) is 0 Å². The second-order valence-electron chi connectivity index (χ2n) is 10.9. The van der Waals surface area contributed by atoms with Gasteiger partial charge in [0.15, 0.2) is 0 Å². The lowest BCUT2D eigenvalue weighted by molar-refractivity contribution is 0.00578. The summed E-state index contributed by atoms with van der Waals surface area (Å²) in [4.78, 5) is 14.0. The molecule has 0 N–H and O–H groups in total. The zero-order valence-corrected chi connectivity index (χ0v) is 23.1. The maximum Gasteiger partial charge on any atom is 0.494 e. The van der Waals surface area contributed by atoms with Crippen molar-refractivity contribution in [3.8, 4) is 22.6 Å². The molecular formula is C31H34BNO5. The third-order valence-electron chi connectivity index (χ3n) is 7.91. The summed E-state index contributed by atoms with van der Waals surface area (Å²) in [5.74, 6) is 1.36. The summed E-state index contributed by atoms with van der Waals surface area (Å²) in [7, 11) is 2.69.